The third kappa shape index (κ3) is 2.47. The number of halogens is 1. The molecule has 1 saturated heterocycles. The van der Waals surface area contributed by atoms with E-state index in [0.717, 1.165) is 24.4 Å². The van der Waals surface area contributed by atoms with Gasteiger partial charge in [-0.15, -0.1) is 12.4 Å². The van der Waals surface area contributed by atoms with Gasteiger partial charge in [0.25, 0.3) is 0 Å². The Kier molecular flexibility index (Phi) is 3.80. The first-order chi connectivity index (χ1) is 9.92. The minimum atomic E-state index is 0. The second kappa shape index (κ2) is 5.74. The molecule has 4 rings (SSSR count). The van der Waals surface area contributed by atoms with Gasteiger partial charge in [0.15, 0.2) is 0 Å². The van der Waals surface area contributed by atoms with E-state index in [-0.39, 0.29) is 12.4 Å². The van der Waals surface area contributed by atoms with Crippen molar-refractivity contribution in [1.82, 2.24) is 4.98 Å². The molecule has 1 aliphatic heterocycles. The second-order valence-electron chi connectivity index (χ2n) is 5.26. The normalized spacial score (nSPS) is 13.6. The van der Waals surface area contributed by atoms with E-state index in [1.54, 1.807) is 0 Å². The molecule has 0 unspecified atom stereocenters. The number of aromatic nitrogens is 1. The molecular formula is C18H17ClN2. The van der Waals surface area contributed by atoms with Gasteiger partial charge in [0.2, 0.25) is 0 Å². The first-order valence-electron chi connectivity index (χ1n) is 7.12. The molecule has 2 nitrogen and oxygen atoms in total. The highest BCUT2D eigenvalue weighted by Gasteiger charge is 2.20. The van der Waals surface area contributed by atoms with E-state index in [4.69, 9.17) is 4.98 Å². The zero-order valence-electron chi connectivity index (χ0n) is 11.7. The van der Waals surface area contributed by atoms with Crippen LogP contribution < -0.4 is 4.90 Å². The van der Waals surface area contributed by atoms with E-state index in [2.05, 4.69) is 65.6 Å². The fourth-order valence-electron chi connectivity index (χ4n) is 2.71. The van der Waals surface area contributed by atoms with Crippen LogP contribution in [0.3, 0.4) is 0 Å². The molecule has 2 aromatic carbocycles. The van der Waals surface area contributed by atoms with E-state index in [0.29, 0.717) is 0 Å². The molecule has 0 radical (unpaired) electrons. The minimum absolute atomic E-state index is 0. The van der Waals surface area contributed by atoms with Crippen molar-refractivity contribution in [2.24, 2.45) is 0 Å². The topological polar surface area (TPSA) is 16.1 Å². The van der Waals surface area contributed by atoms with Crippen molar-refractivity contribution in [2.75, 3.05) is 18.0 Å². The number of hydrogen-bond donors (Lipinski definition) is 0. The molecule has 3 aromatic rings. The van der Waals surface area contributed by atoms with Crippen LogP contribution in [0.2, 0.25) is 0 Å². The van der Waals surface area contributed by atoms with Crippen molar-refractivity contribution in [3.63, 3.8) is 0 Å². The first kappa shape index (κ1) is 13.9. The lowest BCUT2D eigenvalue weighted by atomic mass is 10.0. The number of benzene rings is 2. The van der Waals surface area contributed by atoms with Crippen molar-refractivity contribution in [1.29, 1.82) is 0 Å². The van der Waals surface area contributed by atoms with Gasteiger partial charge in [-0.05, 0) is 24.1 Å². The summed E-state index contributed by atoms with van der Waals surface area (Å²) < 4.78 is 0. The van der Waals surface area contributed by atoms with Crippen LogP contribution in [0, 0.1) is 0 Å². The number of fused-ring (bicyclic) bond motifs is 1. The summed E-state index contributed by atoms with van der Waals surface area (Å²) in [6.45, 7) is 2.23. The van der Waals surface area contributed by atoms with Crippen LogP contribution in [-0.4, -0.2) is 18.1 Å². The lowest BCUT2D eigenvalue weighted by Gasteiger charge is -2.33. The Morgan fingerprint density at radius 1 is 0.857 bits per heavy atom. The van der Waals surface area contributed by atoms with E-state index in [1.807, 2.05) is 0 Å². The maximum absolute atomic E-state index is 4.90. The van der Waals surface area contributed by atoms with Crippen LogP contribution >= 0.6 is 12.4 Å². The summed E-state index contributed by atoms with van der Waals surface area (Å²) in [5.74, 6) is 1.13. The predicted molar refractivity (Wildman–Crippen MR) is 91.3 cm³/mol. The Morgan fingerprint density at radius 2 is 1.57 bits per heavy atom. The molecule has 0 aliphatic carbocycles. The number of rotatable bonds is 2. The molecule has 0 saturated carbocycles. The zero-order valence-corrected chi connectivity index (χ0v) is 12.5. The van der Waals surface area contributed by atoms with Crippen LogP contribution in [0.25, 0.3) is 22.0 Å². The third-order valence-electron chi connectivity index (χ3n) is 3.94. The fraction of sp³-hybridized carbons (Fsp3) is 0.167. The molecule has 1 aromatic heterocycles. The lowest BCUT2D eigenvalue weighted by molar-refractivity contribution is 0.611. The standard InChI is InChI=1S/C18H16N2.ClH/c1-2-7-14(8-3-1)16-13-15-9-4-5-10-17(15)19-18(16)20-11-6-12-20;/h1-5,7-10,13H,6,11-12H2;1H. The lowest BCUT2D eigenvalue weighted by Crippen LogP contribution is -2.38. The molecule has 3 heteroatoms. The molecular weight excluding hydrogens is 280 g/mol. The average molecular weight is 297 g/mol. The summed E-state index contributed by atoms with van der Waals surface area (Å²) in [6.07, 6.45) is 1.27. The third-order valence-corrected chi connectivity index (χ3v) is 3.94. The highest BCUT2D eigenvalue weighted by Crippen LogP contribution is 2.34. The molecule has 0 amide bonds. The second-order valence-corrected chi connectivity index (χ2v) is 5.26. The Balaban J connectivity index is 0.00000132. The number of nitrogens with zero attached hydrogens (tertiary/aromatic N) is 2. The Morgan fingerprint density at radius 3 is 2.29 bits per heavy atom. The van der Waals surface area contributed by atoms with Gasteiger partial charge in [0, 0.05) is 24.0 Å². The van der Waals surface area contributed by atoms with Gasteiger partial charge in [0.05, 0.1) is 5.52 Å². The minimum Gasteiger partial charge on any atom is -0.356 e. The highest BCUT2D eigenvalue weighted by atomic mass is 35.5. The maximum atomic E-state index is 4.90. The smallest absolute Gasteiger partial charge is 0.137 e. The van der Waals surface area contributed by atoms with Crippen LogP contribution in [0.1, 0.15) is 6.42 Å². The molecule has 0 N–H and O–H groups in total. The summed E-state index contributed by atoms with van der Waals surface area (Å²) in [5, 5.41) is 1.20. The van der Waals surface area contributed by atoms with Crippen molar-refractivity contribution in [3.8, 4) is 11.1 Å². The van der Waals surface area contributed by atoms with Crippen molar-refractivity contribution in [3.05, 3.63) is 60.7 Å². The van der Waals surface area contributed by atoms with Crippen LogP contribution in [0.15, 0.2) is 60.7 Å². The van der Waals surface area contributed by atoms with E-state index in [1.165, 1.54) is 22.9 Å². The van der Waals surface area contributed by atoms with Gasteiger partial charge in [-0.1, -0.05) is 48.5 Å². The molecule has 0 spiro atoms. The van der Waals surface area contributed by atoms with Gasteiger partial charge in [-0.2, -0.15) is 0 Å². The Labute approximate surface area is 130 Å². The fourth-order valence-corrected chi connectivity index (χ4v) is 2.71. The number of anilines is 1. The quantitative estimate of drug-likeness (QED) is 0.690. The van der Waals surface area contributed by atoms with Gasteiger partial charge >= 0.3 is 0 Å². The molecule has 0 atom stereocenters. The summed E-state index contributed by atoms with van der Waals surface area (Å²) in [4.78, 5) is 7.27. The van der Waals surface area contributed by atoms with E-state index >= 15 is 0 Å². The molecule has 2 heterocycles. The van der Waals surface area contributed by atoms with Gasteiger partial charge in [-0.3, -0.25) is 0 Å². The summed E-state index contributed by atoms with van der Waals surface area (Å²) >= 11 is 0. The monoisotopic (exact) mass is 296 g/mol. The summed E-state index contributed by atoms with van der Waals surface area (Å²) in [7, 11) is 0. The van der Waals surface area contributed by atoms with Crippen LogP contribution in [-0.2, 0) is 0 Å². The molecule has 1 fully saturated rings. The Bertz CT molecular complexity index is 752. The van der Waals surface area contributed by atoms with Crippen molar-refractivity contribution in [2.45, 2.75) is 6.42 Å². The number of hydrogen-bond acceptors (Lipinski definition) is 2. The zero-order chi connectivity index (χ0) is 13.4. The summed E-state index contributed by atoms with van der Waals surface area (Å²) in [6, 6.07) is 21.2. The number of para-hydroxylation sites is 1. The molecule has 106 valence electrons. The van der Waals surface area contributed by atoms with Crippen LogP contribution in [0.4, 0.5) is 5.82 Å². The van der Waals surface area contributed by atoms with Gasteiger partial charge in [0.1, 0.15) is 5.82 Å². The maximum Gasteiger partial charge on any atom is 0.137 e. The SMILES string of the molecule is Cl.c1ccc(-c2cc3ccccc3nc2N2CCC2)cc1. The predicted octanol–water partition coefficient (Wildman–Crippen LogP) is 4.53. The first-order valence-corrected chi connectivity index (χ1v) is 7.12. The van der Waals surface area contributed by atoms with Crippen molar-refractivity contribution < 1.29 is 0 Å². The van der Waals surface area contributed by atoms with Crippen molar-refractivity contribution >= 4 is 29.1 Å². The highest BCUT2D eigenvalue weighted by molar-refractivity contribution is 5.89. The molecule has 0 bridgehead atoms. The average Bonchev–Trinajstić information content (AvgIpc) is 2.46. The largest absolute Gasteiger partial charge is 0.356 e. The van der Waals surface area contributed by atoms with E-state index < -0.39 is 0 Å². The van der Waals surface area contributed by atoms with Gasteiger partial charge < -0.3 is 4.90 Å². The van der Waals surface area contributed by atoms with Gasteiger partial charge in [-0.25, -0.2) is 4.98 Å². The molecule has 21 heavy (non-hydrogen) atoms. The van der Waals surface area contributed by atoms with Crippen LogP contribution in [0.5, 0.6) is 0 Å². The van der Waals surface area contributed by atoms with E-state index in [9.17, 15) is 0 Å². The molecule has 1 aliphatic rings. The Hall–Kier alpha value is -2.06. The number of pyridine rings is 1. The summed E-state index contributed by atoms with van der Waals surface area (Å²) in [5.41, 5.74) is 3.56.